The number of hydrogen-bond acceptors (Lipinski definition) is 7. The maximum absolute atomic E-state index is 13.2. The first-order valence-electron chi connectivity index (χ1n) is 11.9. The highest BCUT2D eigenvalue weighted by Crippen LogP contribution is 2.32. The van der Waals surface area contributed by atoms with E-state index in [4.69, 9.17) is 5.73 Å². The molecule has 0 spiro atoms. The van der Waals surface area contributed by atoms with Gasteiger partial charge < -0.3 is 26.6 Å². The fourth-order valence-electron chi connectivity index (χ4n) is 3.99. The zero-order valence-corrected chi connectivity index (χ0v) is 20.2. The number of unbranched alkanes of at least 4 members (excludes halogenated alkanes) is 1. The molecule has 3 amide bonds. The lowest BCUT2D eigenvalue weighted by molar-refractivity contribution is -0.115. The van der Waals surface area contributed by atoms with Gasteiger partial charge in [-0.2, -0.15) is 0 Å². The number of carbonyl (C=O) groups is 3. The first-order chi connectivity index (χ1) is 16.4. The fourth-order valence-corrected chi connectivity index (χ4v) is 3.99. The second kappa shape index (κ2) is 12.6. The van der Waals surface area contributed by atoms with Crippen molar-refractivity contribution in [2.75, 3.05) is 65.2 Å². The van der Waals surface area contributed by atoms with Crippen molar-refractivity contribution in [3.63, 3.8) is 0 Å². The molecule has 34 heavy (non-hydrogen) atoms. The Bertz CT molecular complexity index is 1020. The summed E-state index contributed by atoms with van der Waals surface area (Å²) in [4.78, 5) is 41.8. The molecule has 2 aromatic rings. The van der Waals surface area contributed by atoms with Gasteiger partial charge in [0.25, 0.3) is 11.8 Å². The summed E-state index contributed by atoms with van der Waals surface area (Å²) in [6.45, 7) is 4.40. The summed E-state index contributed by atoms with van der Waals surface area (Å²) in [7, 11) is 3.80. The smallest absolute Gasteiger partial charge is 0.261 e. The number of imide groups is 1. The molecule has 2 aromatic carbocycles. The normalized spacial score (nSPS) is 13.2. The van der Waals surface area contributed by atoms with Crippen molar-refractivity contribution < 1.29 is 14.4 Å². The molecule has 0 atom stereocenters. The summed E-state index contributed by atoms with van der Waals surface area (Å²) in [5.41, 5.74) is 6.97. The number of nitrogens with zero attached hydrogens (tertiary/aromatic N) is 2. The van der Waals surface area contributed by atoms with E-state index in [1.54, 1.807) is 18.2 Å². The second-order valence-electron chi connectivity index (χ2n) is 8.82. The van der Waals surface area contributed by atoms with Crippen molar-refractivity contribution in [3.8, 4) is 0 Å². The van der Waals surface area contributed by atoms with Crippen molar-refractivity contribution >= 4 is 34.2 Å². The summed E-state index contributed by atoms with van der Waals surface area (Å²) in [5, 5.41) is 10.8. The molecule has 9 heteroatoms. The average molecular weight is 469 g/mol. The molecule has 0 saturated heterocycles. The van der Waals surface area contributed by atoms with Gasteiger partial charge in [-0.05, 0) is 83.1 Å². The number of nitrogens with two attached hydrogens (primary N) is 1. The van der Waals surface area contributed by atoms with Crippen molar-refractivity contribution in [2.24, 2.45) is 5.73 Å². The molecule has 0 radical (unpaired) electrons. The topological polar surface area (TPSA) is 120 Å². The Labute approximate surface area is 201 Å². The van der Waals surface area contributed by atoms with Crippen LogP contribution in [0.3, 0.4) is 0 Å². The van der Waals surface area contributed by atoms with Crippen LogP contribution in [-0.2, 0) is 4.79 Å². The molecule has 0 saturated carbocycles. The standard InChI is InChI=1S/C25H36N6O3/c1-30(2)13-14-31-24(33)20-8-5-7-18-15-19(16-21(23(18)20)25(31)34)29-22(32)17-28-11-4-3-10-27-12-6-9-26/h5,7-8,15-16,27-28H,3-4,6,9-14,17,26H2,1-2H3,(H,29,32). The molecule has 1 aliphatic heterocycles. The average Bonchev–Trinajstić information content (AvgIpc) is 2.81. The zero-order valence-electron chi connectivity index (χ0n) is 20.2. The number of likely N-dealkylation sites (N-methyl/N-ethyl adjacent to an activating group) is 1. The van der Waals surface area contributed by atoms with Crippen LogP contribution in [0.15, 0.2) is 30.3 Å². The van der Waals surface area contributed by atoms with E-state index in [-0.39, 0.29) is 24.3 Å². The van der Waals surface area contributed by atoms with E-state index in [0.29, 0.717) is 41.8 Å². The first kappa shape index (κ1) is 25.8. The Balaban J connectivity index is 1.60. The second-order valence-corrected chi connectivity index (χ2v) is 8.82. The van der Waals surface area contributed by atoms with Gasteiger partial charge in [0.05, 0.1) is 12.1 Å². The predicted octanol–water partition coefficient (Wildman–Crippen LogP) is 1.24. The van der Waals surface area contributed by atoms with Gasteiger partial charge in [-0.1, -0.05) is 12.1 Å². The molecule has 5 N–H and O–H groups in total. The van der Waals surface area contributed by atoms with Gasteiger partial charge in [0, 0.05) is 29.7 Å². The molecule has 3 rings (SSSR count). The quantitative estimate of drug-likeness (QED) is 0.243. The third-order valence-electron chi connectivity index (χ3n) is 5.78. The Kier molecular flexibility index (Phi) is 9.52. The monoisotopic (exact) mass is 468 g/mol. The van der Waals surface area contributed by atoms with Gasteiger partial charge in [0.2, 0.25) is 5.91 Å². The number of anilines is 1. The molecule has 1 aliphatic rings. The highest BCUT2D eigenvalue weighted by molar-refractivity contribution is 6.26. The minimum absolute atomic E-state index is 0.174. The minimum Gasteiger partial charge on any atom is -0.330 e. The van der Waals surface area contributed by atoms with Crippen LogP contribution in [0.1, 0.15) is 40.0 Å². The Morgan fingerprint density at radius 3 is 2.41 bits per heavy atom. The van der Waals surface area contributed by atoms with Crippen LogP contribution in [0.5, 0.6) is 0 Å². The summed E-state index contributed by atoms with van der Waals surface area (Å²) in [6.07, 6.45) is 2.98. The highest BCUT2D eigenvalue weighted by atomic mass is 16.2. The number of benzene rings is 2. The lowest BCUT2D eigenvalue weighted by atomic mass is 9.93. The maximum Gasteiger partial charge on any atom is 0.261 e. The number of nitrogens with one attached hydrogen (secondary N) is 3. The summed E-state index contributed by atoms with van der Waals surface area (Å²) in [5.74, 6) is -0.780. The van der Waals surface area contributed by atoms with Crippen LogP contribution >= 0.6 is 0 Å². The third kappa shape index (κ3) is 6.60. The number of amides is 3. The molecular formula is C25H36N6O3. The van der Waals surface area contributed by atoms with Gasteiger partial charge in [-0.3, -0.25) is 19.3 Å². The van der Waals surface area contributed by atoms with E-state index in [0.717, 1.165) is 44.3 Å². The summed E-state index contributed by atoms with van der Waals surface area (Å²) in [6, 6.07) is 8.89. The highest BCUT2D eigenvalue weighted by Gasteiger charge is 2.33. The Morgan fingerprint density at radius 2 is 1.68 bits per heavy atom. The lowest BCUT2D eigenvalue weighted by Crippen LogP contribution is -2.43. The molecule has 0 aromatic heterocycles. The van der Waals surface area contributed by atoms with Gasteiger partial charge in [0.15, 0.2) is 0 Å². The van der Waals surface area contributed by atoms with E-state index in [9.17, 15) is 14.4 Å². The van der Waals surface area contributed by atoms with Crippen LogP contribution in [0.2, 0.25) is 0 Å². The van der Waals surface area contributed by atoms with Crippen molar-refractivity contribution in [1.29, 1.82) is 0 Å². The van der Waals surface area contributed by atoms with Crippen LogP contribution < -0.4 is 21.7 Å². The van der Waals surface area contributed by atoms with E-state index >= 15 is 0 Å². The van der Waals surface area contributed by atoms with Crippen LogP contribution in [0, 0.1) is 0 Å². The lowest BCUT2D eigenvalue weighted by Gasteiger charge is -2.28. The van der Waals surface area contributed by atoms with Crippen LogP contribution in [-0.4, -0.2) is 87.4 Å². The molecule has 0 bridgehead atoms. The summed E-state index contributed by atoms with van der Waals surface area (Å²) >= 11 is 0. The fraction of sp³-hybridized carbons (Fsp3) is 0.480. The van der Waals surface area contributed by atoms with E-state index in [1.807, 2.05) is 31.1 Å². The van der Waals surface area contributed by atoms with E-state index in [2.05, 4.69) is 16.0 Å². The van der Waals surface area contributed by atoms with E-state index in [1.165, 1.54) is 4.90 Å². The number of carbonyl (C=O) groups excluding carboxylic acids is 3. The number of rotatable bonds is 14. The molecule has 0 fully saturated rings. The molecule has 9 nitrogen and oxygen atoms in total. The molecular weight excluding hydrogens is 432 g/mol. The van der Waals surface area contributed by atoms with Crippen molar-refractivity contribution in [3.05, 3.63) is 41.5 Å². The predicted molar refractivity (Wildman–Crippen MR) is 135 cm³/mol. The Morgan fingerprint density at radius 1 is 0.971 bits per heavy atom. The first-order valence-corrected chi connectivity index (χ1v) is 11.9. The van der Waals surface area contributed by atoms with Crippen molar-refractivity contribution in [2.45, 2.75) is 19.3 Å². The molecule has 184 valence electrons. The minimum atomic E-state index is -0.329. The maximum atomic E-state index is 13.2. The molecule has 0 aliphatic carbocycles. The van der Waals surface area contributed by atoms with Gasteiger partial charge in [-0.15, -0.1) is 0 Å². The van der Waals surface area contributed by atoms with Crippen LogP contribution in [0.25, 0.3) is 10.8 Å². The molecule has 1 heterocycles. The van der Waals surface area contributed by atoms with E-state index < -0.39 is 0 Å². The number of hydrogen-bond donors (Lipinski definition) is 4. The van der Waals surface area contributed by atoms with Gasteiger partial charge in [0.1, 0.15) is 0 Å². The molecule has 0 unspecified atom stereocenters. The van der Waals surface area contributed by atoms with Crippen molar-refractivity contribution in [1.82, 2.24) is 20.4 Å². The SMILES string of the molecule is CN(C)CCN1C(=O)c2cccc3cc(NC(=O)CNCCCCNCCCN)cc(c23)C1=O. The third-order valence-corrected chi connectivity index (χ3v) is 5.78. The van der Waals surface area contributed by atoms with Gasteiger partial charge in [-0.25, -0.2) is 0 Å². The largest absolute Gasteiger partial charge is 0.330 e. The Hall–Kier alpha value is -2.85. The van der Waals surface area contributed by atoms with Crippen LogP contribution in [0.4, 0.5) is 5.69 Å². The zero-order chi connectivity index (χ0) is 24.5. The summed E-state index contributed by atoms with van der Waals surface area (Å²) < 4.78 is 0. The van der Waals surface area contributed by atoms with Gasteiger partial charge >= 0.3 is 0 Å².